The SMILES string of the molecule is COc1ccc(C(=O)N2CCC3(CC2)OCC(C(=O)NCc2cccnc2)N3C(=O)c2ccc(C)cc2)cc1. The Balaban J connectivity index is 1.34. The number of carbonyl (C=O) groups is 3. The van der Waals surface area contributed by atoms with Gasteiger partial charge >= 0.3 is 0 Å². The molecule has 2 fully saturated rings. The highest BCUT2D eigenvalue weighted by Gasteiger charge is 2.54. The summed E-state index contributed by atoms with van der Waals surface area (Å²) in [4.78, 5) is 47.9. The van der Waals surface area contributed by atoms with Crippen LogP contribution < -0.4 is 10.1 Å². The Bertz CT molecular complexity index is 1320. The Kier molecular flexibility index (Phi) is 7.60. The molecule has 2 aliphatic heterocycles. The van der Waals surface area contributed by atoms with Crippen molar-refractivity contribution in [3.8, 4) is 5.75 Å². The van der Waals surface area contributed by atoms with Crippen LogP contribution in [0.3, 0.4) is 0 Å². The van der Waals surface area contributed by atoms with Crippen molar-refractivity contribution in [1.29, 1.82) is 0 Å². The standard InChI is InChI=1S/C30H32N4O5/c1-21-5-7-24(8-6-21)29(37)34-26(27(35)32-19-22-4-3-15-31-18-22)20-39-30(34)13-16-33(17-14-30)28(36)23-9-11-25(38-2)12-10-23/h3-12,15,18,26H,13-14,16-17,19-20H2,1-2H3,(H,32,35). The van der Waals surface area contributed by atoms with Gasteiger partial charge < -0.3 is 19.7 Å². The second kappa shape index (κ2) is 11.2. The van der Waals surface area contributed by atoms with Crippen molar-refractivity contribution in [3.05, 3.63) is 95.3 Å². The van der Waals surface area contributed by atoms with E-state index in [0.29, 0.717) is 49.4 Å². The predicted molar refractivity (Wildman–Crippen MR) is 144 cm³/mol. The largest absolute Gasteiger partial charge is 0.497 e. The maximum absolute atomic E-state index is 13.9. The van der Waals surface area contributed by atoms with Crippen molar-refractivity contribution in [1.82, 2.24) is 20.1 Å². The second-order valence-electron chi connectivity index (χ2n) is 9.91. The molecular formula is C30H32N4O5. The van der Waals surface area contributed by atoms with E-state index in [-0.39, 0.29) is 24.3 Å². The van der Waals surface area contributed by atoms with E-state index in [1.54, 1.807) is 65.7 Å². The van der Waals surface area contributed by atoms with Crippen LogP contribution in [-0.4, -0.2) is 71.1 Å². The Morgan fingerprint density at radius 3 is 2.31 bits per heavy atom. The Morgan fingerprint density at radius 2 is 1.67 bits per heavy atom. The molecule has 0 bridgehead atoms. The number of ether oxygens (including phenoxy) is 2. The van der Waals surface area contributed by atoms with Crippen LogP contribution in [0, 0.1) is 6.92 Å². The van der Waals surface area contributed by atoms with Crippen molar-refractivity contribution in [3.63, 3.8) is 0 Å². The maximum atomic E-state index is 13.9. The van der Waals surface area contributed by atoms with Crippen LogP contribution in [0.2, 0.25) is 0 Å². The number of hydrogen-bond acceptors (Lipinski definition) is 6. The second-order valence-corrected chi connectivity index (χ2v) is 9.91. The third-order valence-corrected chi connectivity index (χ3v) is 7.44. The van der Waals surface area contributed by atoms with Crippen molar-refractivity contribution in [2.24, 2.45) is 0 Å². The van der Waals surface area contributed by atoms with E-state index in [1.807, 2.05) is 31.2 Å². The molecule has 39 heavy (non-hydrogen) atoms. The van der Waals surface area contributed by atoms with Gasteiger partial charge in [-0.25, -0.2) is 0 Å². The fraction of sp³-hybridized carbons (Fsp3) is 0.333. The van der Waals surface area contributed by atoms with Gasteiger partial charge in [-0.05, 0) is 55.0 Å². The molecule has 1 unspecified atom stereocenters. The van der Waals surface area contributed by atoms with Crippen LogP contribution in [0.1, 0.15) is 44.7 Å². The number of rotatable bonds is 6. The number of aromatic nitrogens is 1. The Hall–Kier alpha value is -4.24. The number of benzene rings is 2. The lowest BCUT2D eigenvalue weighted by Gasteiger charge is -2.44. The van der Waals surface area contributed by atoms with E-state index >= 15 is 0 Å². The summed E-state index contributed by atoms with van der Waals surface area (Å²) >= 11 is 0. The molecular weight excluding hydrogens is 496 g/mol. The minimum absolute atomic E-state index is 0.0862. The third-order valence-electron chi connectivity index (χ3n) is 7.44. The summed E-state index contributed by atoms with van der Waals surface area (Å²) in [6, 6.07) is 17.2. The molecule has 9 heteroatoms. The summed E-state index contributed by atoms with van der Waals surface area (Å²) in [5, 5.41) is 2.94. The smallest absolute Gasteiger partial charge is 0.256 e. The molecule has 0 aliphatic carbocycles. The highest BCUT2D eigenvalue weighted by atomic mass is 16.5. The summed E-state index contributed by atoms with van der Waals surface area (Å²) < 4.78 is 11.5. The van der Waals surface area contributed by atoms with Crippen LogP contribution in [0.4, 0.5) is 0 Å². The first-order valence-corrected chi connectivity index (χ1v) is 13.0. The van der Waals surface area contributed by atoms with Crippen molar-refractivity contribution in [2.75, 3.05) is 26.8 Å². The van der Waals surface area contributed by atoms with Gasteiger partial charge in [0, 0.05) is 56.0 Å². The molecule has 1 N–H and O–H groups in total. The number of methoxy groups -OCH3 is 1. The molecule has 1 spiro atoms. The van der Waals surface area contributed by atoms with Gasteiger partial charge in [0.15, 0.2) is 0 Å². The Morgan fingerprint density at radius 1 is 1.00 bits per heavy atom. The van der Waals surface area contributed by atoms with E-state index < -0.39 is 11.8 Å². The highest BCUT2D eigenvalue weighted by molar-refractivity contribution is 5.98. The quantitative estimate of drug-likeness (QED) is 0.528. The molecule has 1 aromatic heterocycles. The van der Waals surface area contributed by atoms with Gasteiger partial charge in [-0.3, -0.25) is 24.3 Å². The topological polar surface area (TPSA) is 101 Å². The van der Waals surface area contributed by atoms with Gasteiger partial charge in [-0.1, -0.05) is 23.8 Å². The predicted octanol–water partition coefficient (Wildman–Crippen LogP) is 3.19. The van der Waals surface area contributed by atoms with Gasteiger partial charge in [0.1, 0.15) is 17.5 Å². The monoisotopic (exact) mass is 528 g/mol. The fourth-order valence-electron chi connectivity index (χ4n) is 5.19. The summed E-state index contributed by atoms with van der Waals surface area (Å²) in [6.45, 7) is 3.13. The first kappa shape index (κ1) is 26.4. The molecule has 0 saturated carbocycles. The van der Waals surface area contributed by atoms with Gasteiger partial charge in [0.05, 0.1) is 13.7 Å². The molecule has 9 nitrogen and oxygen atoms in total. The molecule has 2 aromatic carbocycles. The maximum Gasteiger partial charge on any atom is 0.256 e. The average Bonchev–Trinajstić information content (AvgIpc) is 3.35. The lowest BCUT2D eigenvalue weighted by Crippen LogP contribution is -2.59. The zero-order chi connectivity index (χ0) is 27.4. The third kappa shape index (κ3) is 5.49. The van der Waals surface area contributed by atoms with Crippen LogP contribution in [-0.2, 0) is 16.1 Å². The summed E-state index contributed by atoms with van der Waals surface area (Å²) in [6.07, 6.45) is 4.17. The molecule has 0 radical (unpaired) electrons. The molecule has 2 saturated heterocycles. The number of amides is 3. The fourth-order valence-corrected chi connectivity index (χ4v) is 5.19. The minimum atomic E-state index is -0.977. The number of nitrogens with zero attached hydrogens (tertiary/aromatic N) is 3. The van der Waals surface area contributed by atoms with E-state index in [1.165, 1.54) is 0 Å². The van der Waals surface area contributed by atoms with Crippen LogP contribution in [0.15, 0.2) is 73.1 Å². The number of pyridine rings is 1. The van der Waals surface area contributed by atoms with Crippen LogP contribution in [0.25, 0.3) is 0 Å². The van der Waals surface area contributed by atoms with Gasteiger partial charge in [-0.2, -0.15) is 0 Å². The van der Waals surface area contributed by atoms with Crippen LogP contribution >= 0.6 is 0 Å². The lowest BCUT2D eigenvalue weighted by molar-refractivity contribution is -0.128. The highest BCUT2D eigenvalue weighted by Crippen LogP contribution is 2.39. The lowest BCUT2D eigenvalue weighted by atomic mass is 9.96. The normalized spacial score (nSPS) is 18.2. The molecule has 2 aliphatic rings. The van der Waals surface area contributed by atoms with Gasteiger partial charge in [-0.15, -0.1) is 0 Å². The van der Waals surface area contributed by atoms with Crippen LogP contribution in [0.5, 0.6) is 5.75 Å². The van der Waals surface area contributed by atoms with E-state index in [4.69, 9.17) is 9.47 Å². The zero-order valence-electron chi connectivity index (χ0n) is 22.1. The molecule has 202 valence electrons. The van der Waals surface area contributed by atoms with Gasteiger partial charge in [0.25, 0.3) is 11.8 Å². The summed E-state index contributed by atoms with van der Waals surface area (Å²) in [5.41, 5.74) is 1.98. The average molecular weight is 529 g/mol. The van der Waals surface area contributed by atoms with E-state index in [0.717, 1.165) is 11.1 Å². The number of carbonyl (C=O) groups excluding carboxylic acids is 3. The van der Waals surface area contributed by atoms with Crippen molar-refractivity contribution < 1.29 is 23.9 Å². The molecule has 3 amide bonds. The minimum Gasteiger partial charge on any atom is -0.497 e. The number of hydrogen-bond donors (Lipinski definition) is 1. The number of nitrogens with one attached hydrogen (secondary N) is 1. The number of piperidine rings is 1. The van der Waals surface area contributed by atoms with Gasteiger partial charge in [0.2, 0.25) is 5.91 Å². The first-order valence-electron chi connectivity index (χ1n) is 13.0. The van der Waals surface area contributed by atoms with Crippen molar-refractivity contribution in [2.45, 2.75) is 38.1 Å². The molecule has 5 rings (SSSR count). The summed E-state index contributed by atoms with van der Waals surface area (Å²) in [7, 11) is 1.58. The molecule has 3 heterocycles. The summed E-state index contributed by atoms with van der Waals surface area (Å²) in [5.74, 6) is 0.0474. The Labute approximate surface area is 227 Å². The van der Waals surface area contributed by atoms with Crippen molar-refractivity contribution >= 4 is 17.7 Å². The zero-order valence-corrected chi connectivity index (χ0v) is 22.1. The molecule has 1 atom stereocenters. The number of aryl methyl sites for hydroxylation is 1. The first-order chi connectivity index (χ1) is 18.9. The number of likely N-dealkylation sites (tertiary alicyclic amines) is 1. The van der Waals surface area contributed by atoms with E-state index in [9.17, 15) is 14.4 Å². The molecule has 3 aromatic rings. The van der Waals surface area contributed by atoms with E-state index in [2.05, 4.69) is 10.3 Å².